The highest BCUT2D eigenvalue weighted by Gasteiger charge is 2.31. The maximum Gasteiger partial charge on any atom is 0.310 e. The Bertz CT molecular complexity index is 515. The zero-order valence-corrected chi connectivity index (χ0v) is 10.9. The van der Waals surface area contributed by atoms with Gasteiger partial charge >= 0.3 is 5.97 Å². The van der Waals surface area contributed by atoms with Crippen LogP contribution >= 0.6 is 0 Å². The van der Waals surface area contributed by atoms with Crippen LogP contribution in [-0.2, 0) is 16.0 Å². The summed E-state index contributed by atoms with van der Waals surface area (Å²) in [4.78, 5) is 22.0. The molecule has 1 N–H and O–H groups in total. The molecule has 0 amide bonds. The highest BCUT2D eigenvalue weighted by molar-refractivity contribution is 5.75. The molecule has 0 aliphatic carbocycles. The minimum Gasteiger partial charge on any atom is -0.466 e. The summed E-state index contributed by atoms with van der Waals surface area (Å²) in [5.74, 6) is -0.534. The summed E-state index contributed by atoms with van der Waals surface area (Å²) < 4.78 is 4.99. The number of nitro groups is 1. The van der Waals surface area contributed by atoms with Crippen molar-refractivity contribution in [2.24, 2.45) is 5.92 Å². The van der Waals surface area contributed by atoms with Gasteiger partial charge in [0.25, 0.3) is 5.69 Å². The molecule has 102 valence electrons. The second-order valence-electron chi connectivity index (χ2n) is 4.59. The predicted octanol–water partition coefficient (Wildman–Crippen LogP) is 2.13. The molecule has 1 heterocycles. The van der Waals surface area contributed by atoms with E-state index in [1.54, 1.807) is 26.0 Å². The lowest BCUT2D eigenvalue weighted by Crippen LogP contribution is -2.32. The second kappa shape index (κ2) is 5.26. The third-order valence-corrected chi connectivity index (χ3v) is 3.34. The van der Waals surface area contributed by atoms with Crippen LogP contribution in [0.5, 0.6) is 0 Å². The van der Waals surface area contributed by atoms with Crippen LogP contribution in [0, 0.1) is 16.0 Å². The molecule has 0 saturated heterocycles. The van der Waals surface area contributed by atoms with Gasteiger partial charge in [0.15, 0.2) is 0 Å². The lowest BCUT2D eigenvalue weighted by molar-refractivity contribution is -0.384. The number of hydrogen-bond acceptors (Lipinski definition) is 5. The highest BCUT2D eigenvalue weighted by atomic mass is 16.6. The van der Waals surface area contributed by atoms with Crippen LogP contribution in [0.2, 0.25) is 0 Å². The van der Waals surface area contributed by atoms with E-state index in [1.807, 2.05) is 0 Å². The number of nitrogens with one attached hydrogen (secondary N) is 1. The van der Waals surface area contributed by atoms with Crippen molar-refractivity contribution in [3.63, 3.8) is 0 Å². The maximum atomic E-state index is 11.7. The van der Waals surface area contributed by atoms with Gasteiger partial charge in [-0.05, 0) is 31.9 Å². The summed E-state index contributed by atoms with van der Waals surface area (Å²) in [6.07, 6.45) is 0.594. The van der Waals surface area contributed by atoms with Crippen molar-refractivity contribution in [2.45, 2.75) is 26.3 Å². The van der Waals surface area contributed by atoms with E-state index in [0.29, 0.717) is 13.0 Å². The van der Waals surface area contributed by atoms with Crippen LogP contribution < -0.4 is 5.32 Å². The number of carbonyl (C=O) groups excluding carboxylic acids is 1. The van der Waals surface area contributed by atoms with Gasteiger partial charge < -0.3 is 10.1 Å². The van der Waals surface area contributed by atoms with E-state index < -0.39 is 4.92 Å². The fourth-order valence-electron chi connectivity index (χ4n) is 2.23. The average Bonchev–Trinajstić information content (AvgIpc) is 2.80. The Morgan fingerprint density at radius 2 is 2.37 bits per heavy atom. The van der Waals surface area contributed by atoms with E-state index in [-0.39, 0.29) is 23.6 Å². The molecule has 6 heteroatoms. The van der Waals surface area contributed by atoms with Gasteiger partial charge in [-0.25, -0.2) is 0 Å². The summed E-state index contributed by atoms with van der Waals surface area (Å²) in [6.45, 7) is 3.93. The Hall–Kier alpha value is -2.11. The third-order valence-electron chi connectivity index (χ3n) is 3.34. The quantitative estimate of drug-likeness (QED) is 0.512. The molecule has 2 unspecified atom stereocenters. The van der Waals surface area contributed by atoms with Crippen molar-refractivity contribution in [2.75, 3.05) is 11.9 Å². The lowest BCUT2D eigenvalue weighted by Gasteiger charge is -2.18. The van der Waals surface area contributed by atoms with E-state index in [1.165, 1.54) is 6.07 Å². The van der Waals surface area contributed by atoms with Crippen molar-refractivity contribution in [1.29, 1.82) is 0 Å². The smallest absolute Gasteiger partial charge is 0.310 e. The number of nitro benzene ring substituents is 1. The van der Waals surface area contributed by atoms with Crippen molar-refractivity contribution in [1.82, 2.24) is 0 Å². The van der Waals surface area contributed by atoms with Crippen LogP contribution in [0.1, 0.15) is 19.4 Å². The fourth-order valence-corrected chi connectivity index (χ4v) is 2.23. The number of hydrogen-bond donors (Lipinski definition) is 1. The molecule has 1 aliphatic rings. The highest BCUT2D eigenvalue weighted by Crippen LogP contribution is 2.32. The number of esters is 1. The van der Waals surface area contributed by atoms with Crippen LogP contribution in [0.4, 0.5) is 11.4 Å². The number of benzene rings is 1. The van der Waals surface area contributed by atoms with Crippen LogP contribution in [0.25, 0.3) is 0 Å². The minimum absolute atomic E-state index is 0.0731. The number of rotatable bonds is 4. The van der Waals surface area contributed by atoms with Crippen molar-refractivity contribution in [3.8, 4) is 0 Å². The Morgan fingerprint density at radius 3 is 3.00 bits per heavy atom. The van der Waals surface area contributed by atoms with Crippen LogP contribution in [0.15, 0.2) is 18.2 Å². The molecule has 0 fully saturated rings. The normalized spacial score (nSPS) is 18.3. The number of anilines is 1. The first-order chi connectivity index (χ1) is 9.02. The van der Waals surface area contributed by atoms with Gasteiger partial charge in [-0.1, -0.05) is 0 Å². The Kier molecular flexibility index (Phi) is 3.69. The molecule has 2 rings (SSSR count). The predicted molar refractivity (Wildman–Crippen MR) is 70.0 cm³/mol. The van der Waals surface area contributed by atoms with Crippen molar-refractivity contribution < 1.29 is 14.5 Å². The van der Waals surface area contributed by atoms with E-state index in [2.05, 4.69) is 5.32 Å². The van der Waals surface area contributed by atoms with Crippen LogP contribution in [0.3, 0.4) is 0 Å². The molecule has 1 aromatic carbocycles. The molecular weight excluding hydrogens is 248 g/mol. The maximum absolute atomic E-state index is 11.7. The SMILES string of the molecule is CCOC(=O)C(C)C1Cc2cc([N+](=O)[O-])ccc2N1. The van der Waals surface area contributed by atoms with Gasteiger partial charge in [-0.3, -0.25) is 14.9 Å². The molecule has 6 nitrogen and oxygen atoms in total. The first kappa shape index (κ1) is 13.3. The molecule has 0 bridgehead atoms. The summed E-state index contributed by atoms with van der Waals surface area (Å²) >= 11 is 0. The first-order valence-corrected chi connectivity index (χ1v) is 6.23. The summed E-state index contributed by atoms with van der Waals surface area (Å²) in [7, 11) is 0. The molecule has 0 radical (unpaired) electrons. The number of fused-ring (bicyclic) bond motifs is 1. The Morgan fingerprint density at radius 1 is 1.63 bits per heavy atom. The van der Waals surface area contributed by atoms with Crippen molar-refractivity contribution in [3.05, 3.63) is 33.9 Å². The zero-order valence-electron chi connectivity index (χ0n) is 10.9. The minimum atomic E-state index is -0.414. The van der Waals surface area contributed by atoms with Gasteiger partial charge in [0.05, 0.1) is 17.4 Å². The number of carbonyl (C=O) groups is 1. The molecule has 0 spiro atoms. The van der Waals surface area contributed by atoms with Gasteiger partial charge in [-0.15, -0.1) is 0 Å². The van der Waals surface area contributed by atoms with Gasteiger partial charge in [0.1, 0.15) is 0 Å². The summed E-state index contributed by atoms with van der Waals surface area (Å²) in [5, 5.41) is 13.9. The van der Waals surface area contributed by atoms with Crippen molar-refractivity contribution >= 4 is 17.3 Å². The monoisotopic (exact) mass is 264 g/mol. The molecule has 0 saturated carbocycles. The van der Waals surface area contributed by atoms with E-state index >= 15 is 0 Å². The Labute approximate surface area is 110 Å². The average molecular weight is 264 g/mol. The molecule has 2 atom stereocenters. The second-order valence-corrected chi connectivity index (χ2v) is 4.59. The van der Waals surface area contributed by atoms with Crippen LogP contribution in [-0.4, -0.2) is 23.5 Å². The van der Waals surface area contributed by atoms with Gasteiger partial charge in [0.2, 0.25) is 0 Å². The van der Waals surface area contributed by atoms with Gasteiger partial charge in [-0.2, -0.15) is 0 Å². The third kappa shape index (κ3) is 2.67. The molecule has 1 aliphatic heterocycles. The van der Waals surface area contributed by atoms with E-state index in [9.17, 15) is 14.9 Å². The standard InChI is InChI=1S/C13H16N2O4/c1-3-19-13(16)8(2)12-7-9-6-10(15(17)18)4-5-11(9)14-12/h4-6,8,12,14H,3,7H2,1-2H3. The largest absolute Gasteiger partial charge is 0.466 e. The first-order valence-electron chi connectivity index (χ1n) is 6.23. The zero-order chi connectivity index (χ0) is 14.0. The lowest BCUT2D eigenvalue weighted by atomic mass is 9.98. The van der Waals surface area contributed by atoms with Gasteiger partial charge in [0, 0.05) is 23.9 Å². The molecule has 1 aromatic rings. The molecule has 19 heavy (non-hydrogen) atoms. The number of ether oxygens (including phenoxy) is 1. The van der Waals surface area contributed by atoms with E-state index in [4.69, 9.17) is 4.74 Å². The molecular formula is C13H16N2O4. The topological polar surface area (TPSA) is 81.5 Å². The Balaban J connectivity index is 2.11. The summed E-state index contributed by atoms with van der Waals surface area (Å²) in [6, 6.07) is 4.63. The summed E-state index contributed by atoms with van der Waals surface area (Å²) in [5.41, 5.74) is 1.80. The fraction of sp³-hybridized carbons (Fsp3) is 0.462. The van der Waals surface area contributed by atoms with E-state index in [0.717, 1.165) is 11.3 Å². The number of nitrogens with zero attached hydrogens (tertiary/aromatic N) is 1. The number of non-ortho nitro benzene ring substituents is 1. The molecule has 0 aromatic heterocycles.